The van der Waals surface area contributed by atoms with Crippen molar-refractivity contribution >= 4 is 11.6 Å². The molecule has 17 heavy (non-hydrogen) atoms. The molecule has 0 saturated heterocycles. The molecular weight excluding hydrogens is 228 g/mol. The van der Waals surface area contributed by atoms with Gasteiger partial charge in [0.05, 0.1) is 5.38 Å². The molecule has 1 aromatic rings. The highest BCUT2D eigenvalue weighted by atomic mass is 35.5. The molecule has 88 valence electrons. The first-order valence-electron chi connectivity index (χ1n) is 5.63. The number of hydrogen-bond acceptors (Lipinski definition) is 0. The van der Waals surface area contributed by atoms with Gasteiger partial charge in [0.2, 0.25) is 0 Å². The highest BCUT2D eigenvalue weighted by Crippen LogP contribution is 2.24. The van der Waals surface area contributed by atoms with Crippen LogP contribution in [-0.4, -0.2) is 0 Å². The van der Waals surface area contributed by atoms with Gasteiger partial charge in [0.1, 0.15) is 0 Å². The minimum atomic E-state index is 0.0190. The number of alkyl halides is 1. The summed E-state index contributed by atoms with van der Waals surface area (Å²) < 4.78 is 0. The summed E-state index contributed by atoms with van der Waals surface area (Å²) in [4.78, 5) is 0. The van der Waals surface area contributed by atoms with E-state index in [1.165, 1.54) is 5.56 Å². The predicted octanol–water partition coefficient (Wildman–Crippen LogP) is 4.80. The Kier molecular flexibility index (Phi) is 5.60. The summed E-state index contributed by atoms with van der Waals surface area (Å²) in [5.74, 6) is 2.50. The zero-order valence-corrected chi connectivity index (χ0v) is 11.0. The van der Waals surface area contributed by atoms with Crippen LogP contribution < -0.4 is 0 Å². The molecule has 0 fully saturated rings. The van der Waals surface area contributed by atoms with Gasteiger partial charge in [-0.2, -0.15) is 0 Å². The largest absolute Gasteiger partial charge is 0.117 e. The lowest BCUT2D eigenvalue weighted by Crippen LogP contribution is -1.88. The molecule has 0 aliphatic heterocycles. The number of benzene rings is 1. The van der Waals surface area contributed by atoms with Crippen LogP contribution in [0.15, 0.2) is 48.1 Å². The highest BCUT2D eigenvalue weighted by molar-refractivity contribution is 6.20. The lowest BCUT2D eigenvalue weighted by molar-refractivity contribution is 0.954. The van der Waals surface area contributed by atoms with E-state index in [0.717, 1.165) is 17.6 Å². The van der Waals surface area contributed by atoms with Crippen molar-refractivity contribution in [2.45, 2.75) is 25.6 Å². The molecule has 1 atom stereocenters. The Bertz CT molecular complexity index is 443. The topological polar surface area (TPSA) is 0 Å². The van der Waals surface area contributed by atoms with E-state index >= 15 is 0 Å². The SMILES string of the molecule is C#C/C=C(C)\C=C/CC(Cl)c1ccc(C)cc1. The van der Waals surface area contributed by atoms with Crippen LogP contribution in [-0.2, 0) is 0 Å². The van der Waals surface area contributed by atoms with E-state index in [9.17, 15) is 0 Å². The van der Waals surface area contributed by atoms with Gasteiger partial charge in [0.25, 0.3) is 0 Å². The maximum Gasteiger partial charge on any atom is 0.0619 e. The van der Waals surface area contributed by atoms with Gasteiger partial charge in [-0.05, 0) is 37.5 Å². The molecule has 0 heterocycles. The lowest BCUT2D eigenvalue weighted by atomic mass is 10.1. The summed E-state index contributed by atoms with van der Waals surface area (Å²) in [5, 5.41) is 0.0190. The Hall–Kier alpha value is -1.45. The zero-order valence-electron chi connectivity index (χ0n) is 10.3. The molecule has 0 aliphatic rings. The Morgan fingerprint density at radius 3 is 2.65 bits per heavy atom. The Morgan fingerprint density at radius 2 is 2.06 bits per heavy atom. The Labute approximate surface area is 109 Å². The molecule has 0 saturated carbocycles. The highest BCUT2D eigenvalue weighted by Gasteiger charge is 2.04. The molecule has 0 N–H and O–H groups in total. The summed E-state index contributed by atoms with van der Waals surface area (Å²) in [7, 11) is 0. The summed E-state index contributed by atoms with van der Waals surface area (Å²) >= 11 is 6.31. The molecule has 1 rings (SSSR count). The van der Waals surface area contributed by atoms with Gasteiger partial charge in [0, 0.05) is 0 Å². The van der Waals surface area contributed by atoms with Gasteiger partial charge < -0.3 is 0 Å². The van der Waals surface area contributed by atoms with Gasteiger partial charge in [0.15, 0.2) is 0 Å². The van der Waals surface area contributed by atoms with Crippen LogP contribution in [0.2, 0.25) is 0 Å². The van der Waals surface area contributed by atoms with Crippen molar-refractivity contribution in [2.75, 3.05) is 0 Å². The first-order valence-corrected chi connectivity index (χ1v) is 6.07. The van der Waals surface area contributed by atoms with Crippen LogP contribution in [0.1, 0.15) is 29.8 Å². The van der Waals surface area contributed by atoms with E-state index in [2.05, 4.69) is 43.2 Å². The van der Waals surface area contributed by atoms with Crippen LogP contribution in [0.4, 0.5) is 0 Å². The average Bonchev–Trinajstić information content (AvgIpc) is 2.30. The molecule has 0 radical (unpaired) electrons. The van der Waals surface area contributed by atoms with E-state index in [1.54, 1.807) is 6.08 Å². The van der Waals surface area contributed by atoms with E-state index in [-0.39, 0.29) is 5.38 Å². The maximum absolute atomic E-state index is 6.31. The molecule has 0 amide bonds. The molecule has 0 bridgehead atoms. The summed E-state index contributed by atoms with van der Waals surface area (Å²) in [6.45, 7) is 4.05. The minimum absolute atomic E-state index is 0.0190. The van der Waals surface area contributed by atoms with E-state index < -0.39 is 0 Å². The van der Waals surface area contributed by atoms with Crippen molar-refractivity contribution in [2.24, 2.45) is 0 Å². The molecule has 1 aromatic carbocycles. The second kappa shape index (κ2) is 6.99. The molecule has 0 aliphatic carbocycles. The maximum atomic E-state index is 6.31. The zero-order chi connectivity index (χ0) is 12.7. The summed E-state index contributed by atoms with van der Waals surface area (Å²) in [6.07, 6.45) is 11.8. The third-order valence-electron chi connectivity index (χ3n) is 2.47. The van der Waals surface area contributed by atoms with Gasteiger partial charge >= 0.3 is 0 Å². The van der Waals surface area contributed by atoms with E-state index in [4.69, 9.17) is 18.0 Å². The number of aryl methyl sites for hydroxylation is 1. The van der Waals surface area contributed by atoms with Gasteiger partial charge in [-0.15, -0.1) is 18.0 Å². The number of rotatable bonds is 4. The molecule has 1 heteroatoms. The van der Waals surface area contributed by atoms with Gasteiger partial charge in [-0.1, -0.05) is 47.9 Å². The molecule has 0 nitrogen and oxygen atoms in total. The van der Waals surface area contributed by atoms with Crippen LogP contribution in [0.25, 0.3) is 0 Å². The quantitative estimate of drug-likeness (QED) is 0.405. The number of halogens is 1. The smallest absolute Gasteiger partial charge is 0.0619 e. The standard InChI is InChI=1S/C16H17Cl/c1-4-6-13(2)7-5-8-16(17)15-11-9-14(3)10-12-15/h1,5-7,9-12,16H,8H2,2-3H3/b7-5-,13-6-. The Morgan fingerprint density at radius 1 is 1.41 bits per heavy atom. The van der Waals surface area contributed by atoms with Crippen molar-refractivity contribution in [3.63, 3.8) is 0 Å². The number of allylic oxidation sites excluding steroid dienone is 4. The lowest BCUT2D eigenvalue weighted by Gasteiger charge is -2.07. The van der Waals surface area contributed by atoms with Gasteiger partial charge in [-0.3, -0.25) is 0 Å². The van der Waals surface area contributed by atoms with Crippen molar-refractivity contribution in [1.29, 1.82) is 0 Å². The second-order valence-electron chi connectivity index (χ2n) is 4.07. The average molecular weight is 245 g/mol. The molecule has 0 spiro atoms. The van der Waals surface area contributed by atoms with Crippen molar-refractivity contribution < 1.29 is 0 Å². The van der Waals surface area contributed by atoms with Crippen LogP contribution in [0.3, 0.4) is 0 Å². The van der Waals surface area contributed by atoms with Crippen molar-refractivity contribution in [3.05, 3.63) is 59.2 Å². The summed E-state index contributed by atoms with van der Waals surface area (Å²) in [6, 6.07) is 8.31. The molecular formula is C16H17Cl. The third kappa shape index (κ3) is 4.93. The van der Waals surface area contributed by atoms with E-state index in [1.807, 2.05) is 13.0 Å². The molecule has 0 aromatic heterocycles. The fourth-order valence-electron chi connectivity index (χ4n) is 1.46. The van der Waals surface area contributed by atoms with E-state index in [0.29, 0.717) is 0 Å². The monoisotopic (exact) mass is 244 g/mol. The third-order valence-corrected chi connectivity index (χ3v) is 2.90. The first kappa shape index (κ1) is 13.6. The fraction of sp³-hybridized carbons (Fsp3) is 0.250. The first-order chi connectivity index (χ1) is 8.13. The predicted molar refractivity (Wildman–Crippen MR) is 76.1 cm³/mol. The normalized spacial score (nSPS) is 13.6. The van der Waals surface area contributed by atoms with Crippen molar-refractivity contribution in [3.8, 4) is 12.3 Å². The Balaban J connectivity index is 2.56. The van der Waals surface area contributed by atoms with Crippen LogP contribution in [0, 0.1) is 19.3 Å². The molecule has 1 unspecified atom stereocenters. The minimum Gasteiger partial charge on any atom is -0.117 e. The number of hydrogen-bond donors (Lipinski definition) is 0. The summed E-state index contributed by atoms with van der Waals surface area (Å²) in [5.41, 5.74) is 3.47. The number of terminal acetylenes is 1. The van der Waals surface area contributed by atoms with Crippen LogP contribution in [0.5, 0.6) is 0 Å². The van der Waals surface area contributed by atoms with Crippen LogP contribution >= 0.6 is 11.6 Å². The fourth-order valence-corrected chi connectivity index (χ4v) is 1.71. The van der Waals surface area contributed by atoms with Gasteiger partial charge in [-0.25, -0.2) is 0 Å². The second-order valence-corrected chi connectivity index (χ2v) is 4.60. The van der Waals surface area contributed by atoms with Crippen molar-refractivity contribution in [1.82, 2.24) is 0 Å².